The van der Waals surface area contributed by atoms with Crippen molar-refractivity contribution in [1.82, 2.24) is 5.32 Å². The average molecular weight is 265 g/mol. The Kier molecular flexibility index (Phi) is 4.30. The van der Waals surface area contributed by atoms with Crippen LogP contribution in [0, 0.1) is 5.41 Å². The molecule has 1 saturated carbocycles. The molecule has 2 N–H and O–H groups in total. The molecule has 0 unspecified atom stereocenters. The molecule has 1 fully saturated rings. The molecular formula is C14H19NO2S. The first-order chi connectivity index (χ1) is 8.69. The van der Waals surface area contributed by atoms with E-state index in [0.717, 1.165) is 24.2 Å². The van der Waals surface area contributed by atoms with Crippen LogP contribution in [0.4, 0.5) is 0 Å². The van der Waals surface area contributed by atoms with Gasteiger partial charge >= 0.3 is 0 Å². The third-order valence-electron chi connectivity index (χ3n) is 3.58. The van der Waals surface area contributed by atoms with E-state index in [2.05, 4.69) is 5.32 Å². The van der Waals surface area contributed by atoms with Crippen LogP contribution in [-0.4, -0.2) is 30.4 Å². The van der Waals surface area contributed by atoms with Gasteiger partial charge < -0.3 is 10.4 Å². The summed E-state index contributed by atoms with van der Waals surface area (Å²) in [4.78, 5) is 13.1. The van der Waals surface area contributed by atoms with Crippen molar-refractivity contribution in [3.8, 4) is 0 Å². The molecule has 0 saturated heterocycles. The molecule has 1 aromatic rings. The van der Waals surface area contributed by atoms with Gasteiger partial charge in [0.25, 0.3) is 5.91 Å². The van der Waals surface area contributed by atoms with Crippen molar-refractivity contribution < 1.29 is 9.90 Å². The minimum absolute atomic E-state index is 0.0214. The van der Waals surface area contributed by atoms with Crippen molar-refractivity contribution in [3.05, 3.63) is 29.8 Å². The van der Waals surface area contributed by atoms with Crippen molar-refractivity contribution in [2.45, 2.75) is 24.2 Å². The molecule has 0 aliphatic heterocycles. The smallest absolute Gasteiger partial charge is 0.251 e. The molecule has 98 valence electrons. The average Bonchev–Trinajstić information content (AvgIpc) is 3.17. The number of benzene rings is 1. The number of nitrogens with one attached hydrogen (secondary N) is 1. The van der Waals surface area contributed by atoms with Gasteiger partial charge in [0, 0.05) is 23.6 Å². The summed E-state index contributed by atoms with van der Waals surface area (Å²) < 4.78 is 0. The number of thioether (sulfide) groups is 1. The second-order valence-corrected chi connectivity index (χ2v) is 5.76. The molecule has 0 radical (unpaired) electrons. The van der Waals surface area contributed by atoms with Gasteiger partial charge in [-0.05, 0) is 55.2 Å². The maximum atomic E-state index is 11.9. The molecule has 0 bridgehead atoms. The molecule has 1 aliphatic carbocycles. The van der Waals surface area contributed by atoms with Crippen LogP contribution in [-0.2, 0) is 0 Å². The van der Waals surface area contributed by atoms with Gasteiger partial charge in [0.2, 0.25) is 0 Å². The zero-order valence-corrected chi connectivity index (χ0v) is 11.4. The van der Waals surface area contributed by atoms with Crippen molar-refractivity contribution in [2.24, 2.45) is 5.41 Å². The summed E-state index contributed by atoms with van der Waals surface area (Å²) in [6.07, 6.45) is 5.03. The number of aliphatic hydroxyl groups excluding tert-OH is 1. The van der Waals surface area contributed by atoms with Crippen molar-refractivity contribution in [3.63, 3.8) is 0 Å². The Bertz CT molecular complexity index is 412. The number of hydrogen-bond donors (Lipinski definition) is 2. The summed E-state index contributed by atoms with van der Waals surface area (Å²) in [6, 6.07) is 7.62. The zero-order chi connectivity index (χ0) is 13.0. The maximum Gasteiger partial charge on any atom is 0.251 e. The summed E-state index contributed by atoms with van der Waals surface area (Å²) in [6.45, 7) is 0.884. The Morgan fingerprint density at radius 2 is 2.06 bits per heavy atom. The summed E-state index contributed by atoms with van der Waals surface area (Å²) in [5, 5.41) is 11.9. The van der Waals surface area contributed by atoms with E-state index in [4.69, 9.17) is 5.11 Å². The molecule has 1 aliphatic rings. The van der Waals surface area contributed by atoms with Gasteiger partial charge in [-0.25, -0.2) is 0 Å². The van der Waals surface area contributed by atoms with Crippen LogP contribution in [0.2, 0.25) is 0 Å². The minimum atomic E-state index is -0.0214. The molecule has 1 aromatic carbocycles. The predicted molar refractivity (Wildman–Crippen MR) is 73.9 cm³/mol. The highest BCUT2D eigenvalue weighted by atomic mass is 32.2. The van der Waals surface area contributed by atoms with Crippen LogP contribution in [0.15, 0.2) is 29.2 Å². The lowest BCUT2D eigenvalue weighted by atomic mass is 10.0. The van der Waals surface area contributed by atoms with Gasteiger partial charge in [-0.2, -0.15) is 0 Å². The normalized spacial score (nSPS) is 16.3. The van der Waals surface area contributed by atoms with E-state index in [1.54, 1.807) is 11.8 Å². The van der Waals surface area contributed by atoms with E-state index >= 15 is 0 Å². The summed E-state index contributed by atoms with van der Waals surface area (Å²) in [5.41, 5.74) is 0.872. The highest BCUT2D eigenvalue weighted by Gasteiger charge is 2.41. The third-order valence-corrected chi connectivity index (χ3v) is 4.32. The number of carbonyl (C=O) groups is 1. The van der Waals surface area contributed by atoms with Crippen LogP contribution >= 0.6 is 11.8 Å². The fraction of sp³-hybridized carbons (Fsp3) is 0.500. The van der Waals surface area contributed by atoms with E-state index in [1.165, 1.54) is 0 Å². The Labute approximate surface area is 112 Å². The van der Waals surface area contributed by atoms with E-state index in [1.807, 2.05) is 30.5 Å². The minimum Gasteiger partial charge on any atom is -0.396 e. The molecule has 0 heterocycles. The Hall–Kier alpha value is -1.00. The van der Waals surface area contributed by atoms with E-state index in [0.29, 0.717) is 12.1 Å². The molecule has 2 rings (SSSR count). The first-order valence-corrected chi connectivity index (χ1v) is 7.45. The predicted octanol–water partition coefficient (Wildman–Crippen LogP) is 2.30. The van der Waals surface area contributed by atoms with Crippen LogP contribution in [0.1, 0.15) is 29.6 Å². The number of carbonyl (C=O) groups excluding carboxylic acids is 1. The Morgan fingerprint density at radius 3 is 2.56 bits per heavy atom. The first-order valence-electron chi connectivity index (χ1n) is 6.22. The van der Waals surface area contributed by atoms with Crippen molar-refractivity contribution >= 4 is 17.7 Å². The lowest BCUT2D eigenvalue weighted by Crippen LogP contribution is -2.30. The monoisotopic (exact) mass is 265 g/mol. The standard InChI is InChI=1S/C14H19NO2S/c1-18-12-4-2-11(3-5-12)13(17)15-10-14(6-7-14)8-9-16/h2-5,16H,6-10H2,1H3,(H,15,17). The van der Waals surface area contributed by atoms with Gasteiger partial charge in [0.05, 0.1) is 0 Å². The van der Waals surface area contributed by atoms with E-state index in [9.17, 15) is 4.79 Å². The lowest BCUT2D eigenvalue weighted by molar-refractivity contribution is 0.0941. The molecule has 0 spiro atoms. The highest BCUT2D eigenvalue weighted by Crippen LogP contribution is 2.47. The van der Waals surface area contributed by atoms with Gasteiger partial charge in [-0.3, -0.25) is 4.79 Å². The van der Waals surface area contributed by atoms with Crippen molar-refractivity contribution in [2.75, 3.05) is 19.4 Å². The van der Waals surface area contributed by atoms with Gasteiger partial charge in [-0.15, -0.1) is 11.8 Å². The number of hydrogen-bond acceptors (Lipinski definition) is 3. The van der Waals surface area contributed by atoms with Crippen LogP contribution in [0.3, 0.4) is 0 Å². The van der Waals surface area contributed by atoms with Crippen LogP contribution < -0.4 is 5.32 Å². The largest absolute Gasteiger partial charge is 0.396 e. The lowest BCUT2D eigenvalue weighted by Gasteiger charge is -2.14. The molecule has 1 amide bonds. The van der Waals surface area contributed by atoms with Gasteiger partial charge in [0.1, 0.15) is 0 Å². The second-order valence-electron chi connectivity index (χ2n) is 4.88. The van der Waals surface area contributed by atoms with Gasteiger partial charge in [0.15, 0.2) is 0 Å². The van der Waals surface area contributed by atoms with Gasteiger partial charge in [-0.1, -0.05) is 0 Å². The number of rotatable bonds is 6. The van der Waals surface area contributed by atoms with Crippen LogP contribution in [0.25, 0.3) is 0 Å². The van der Waals surface area contributed by atoms with Crippen LogP contribution in [0.5, 0.6) is 0 Å². The van der Waals surface area contributed by atoms with Crippen molar-refractivity contribution in [1.29, 1.82) is 0 Å². The number of aliphatic hydroxyl groups is 1. The topological polar surface area (TPSA) is 49.3 Å². The fourth-order valence-corrected chi connectivity index (χ4v) is 2.45. The highest BCUT2D eigenvalue weighted by molar-refractivity contribution is 7.98. The molecule has 4 heteroatoms. The molecular weight excluding hydrogens is 246 g/mol. The number of amides is 1. The van der Waals surface area contributed by atoms with E-state index in [-0.39, 0.29) is 17.9 Å². The Balaban J connectivity index is 1.87. The molecule has 3 nitrogen and oxygen atoms in total. The summed E-state index contributed by atoms with van der Waals surface area (Å²) in [5.74, 6) is -0.0214. The molecule has 0 aromatic heterocycles. The zero-order valence-electron chi connectivity index (χ0n) is 10.6. The maximum absolute atomic E-state index is 11.9. The Morgan fingerprint density at radius 1 is 1.39 bits per heavy atom. The second kappa shape index (κ2) is 5.76. The quantitative estimate of drug-likeness (QED) is 0.776. The van der Waals surface area contributed by atoms with E-state index < -0.39 is 0 Å². The fourth-order valence-electron chi connectivity index (χ4n) is 2.04. The summed E-state index contributed by atoms with van der Waals surface area (Å²) in [7, 11) is 0. The SMILES string of the molecule is CSc1ccc(C(=O)NCC2(CCO)CC2)cc1. The molecule has 18 heavy (non-hydrogen) atoms. The third kappa shape index (κ3) is 3.27. The summed E-state index contributed by atoms with van der Waals surface area (Å²) >= 11 is 1.66. The molecule has 0 atom stereocenters. The first kappa shape index (κ1) is 13.4.